The summed E-state index contributed by atoms with van der Waals surface area (Å²) in [5.74, 6) is -0.774. The zero-order valence-electron chi connectivity index (χ0n) is 11.4. The number of anilines is 1. The summed E-state index contributed by atoms with van der Waals surface area (Å²) in [7, 11) is 0. The molecule has 1 heterocycles. The number of carboxylic acid groups (broad SMARTS) is 1. The van der Waals surface area contributed by atoms with Crippen LogP contribution in [-0.4, -0.2) is 36.9 Å². The van der Waals surface area contributed by atoms with Crippen LogP contribution in [0.1, 0.15) is 23.2 Å². The SMILES string of the molecule is O=C(NCC1CCCOC1)Nc1cc(Br)ccc1C(=O)O. The molecule has 1 aliphatic rings. The zero-order chi connectivity index (χ0) is 15.2. The topological polar surface area (TPSA) is 87.7 Å². The number of carbonyl (C=O) groups is 2. The van der Waals surface area contributed by atoms with Crippen molar-refractivity contribution >= 4 is 33.6 Å². The second kappa shape index (κ2) is 7.42. The molecule has 2 rings (SSSR count). The van der Waals surface area contributed by atoms with Crippen LogP contribution in [0.15, 0.2) is 22.7 Å². The van der Waals surface area contributed by atoms with Crippen LogP contribution in [0.5, 0.6) is 0 Å². The summed E-state index contributed by atoms with van der Waals surface area (Å²) in [6, 6.07) is 4.21. The predicted octanol–water partition coefficient (Wildman–Crippen LogP) is 2.70. The van der Waals surface area contributed by atoms with E-state index in [1.807, 2.05) is 0 Å². The number of hydrogen-bond donors (Lipinski definition) is 3. The first kappa shape index (κ1) is 15.8. The monoisotopic (exact) mass is 356 g/mol. The van der Waals surface area contributed by atoms with Crippen molar-refractivity contribution in [3.05, 3.63) is 28.2 Å². The van der Waals surface area contributed by atoms with Crippen LogP contribution >= 0.6 is 15.9 Å². The van der Waals surface area contributed by atoms with Crippen molar-refractivity contribution in [2.45, 2.75) is 12.8 Å². The van der Waals surface area contributed by atoms with E-state index in [0.29, 0.717) is 23.5 Å². The molecule has 1 saturated heterocycles. The molecule has 1 unspecified atom stereocenters. The van der Waals surface area contributed by atoms with Crippen LogP contribution in [0.25, 0.3) is 0 Å². The molecule has 1 atom stereocenters. The van der Waals surface area contributed by atoms with Crippen LogP contribution in [0.2, 0.25) is 0 Å². The third kappa shape index (κ3) is 4.71. The lowest BCUT2D eigenvalue weighted by Crippen LogP contribution is -2.36. The van der Waals surface area contributed by atoms with Crippen LogP contribution in [-0.2, 0) is 4.74 Å². The Morgan fingerprint density at radius 1 is 1.43 bits per heavy atom. The van der Waals surface area contributed by atoms with E-state index in [1.165, 1.54) is 6.07 Å². The Morgan fingerprint density at radius 2 is 2.24 bits per heavy atom. The van der Waals surface area contributed by atoms with Crippen LogP contribution in [0, 0.1) is 5.92 Å². The summed E-state index contributed by atoms with van der Waals surface area (Å²) < 4.78 is 6.04. The van der Waals surface area contributed by atoms with Gasteiger partial charge in [0.05, 0.1) is 17.9 Å². The highest BCUT2D eigenvalue weighted by Crippen LogP contribution is 2.21. The first-order valence-electron chi connectivity index (χ1n) is 6.71. The van der Waals surface area contributed by atoms with Crippen LogP contribution in [0.4, 0.5) is 10.5 Å². The first-order valence-corrected chi connectivity index (χ1v) is 7.51. The standard InChI is InChI=1S/C14H17BrN2O4/c15-10-3-4-11(13(18)19)12(6-10)17-14(20)16-7-9-2-1-5-21-8-9/h3-4,6,9H,1-2,5,7-8H2,(H,18,19)(H2,16,17,20). The second-order valence-corrected chi connectivity index (χ2v) is 5.83. The third-order valence-corrected chi connectivity index (χ3v) is 3.76. The van der Waals surface area contributed by atoms with Gasteiger partial charge in [-0.3, -0.25) is 0 Å². The minimum Gasteiger partial charge on any atom is -0.478 e. The number of aromatic carboxylic acids is 1. The van der Waals surface area contributed by atoms with Gasteiger partial charge in [-0.15, -0.1) is 0 Å². The van der Waals surface area contributed by atoms with Crippen molar-refractivity contribution in [2.24, 2.45) is 5.92 Å². The molecule has 1 fully saturated rings. The number of nitrogens with one attached hydrogen (secondary N) is 2. The second-order valence-electron chi connectivity index (χ2n) is 4.91. The van der Waals surface area contributed by atoms with Gasteiger partial charge in [0.15, 0.2) is 0 Å². The molecule has 1 aromatic carbocycles. The van der Waals surface area contributed by atoms with Crippen molar-refractivity contribution in [1.29, 1.82) is 0 Å². The average Bonchev–Trinajstić information content (AvgIpc) is 2.46. The molecule has 2 amide bonds. The lowest BCUT2D eigenvalue weighted by atomic mass is 10.0. The Hall–Kier alpha value is -1.60. The summed E-state index contributed by atoms with van der Waals surface area (Å²) in [6.45, 7) is 1.95. The molecule has 114 valence electrons. The van der Waals surface area contributed by atoms with E-state index in [2.05, 4.69) is 26.6 Å². The number of carbonyl (C=O) groups excluding carboxylic acids is 1. The summed E-state index contributed by atoms with van der Waals surface area (Å²) in [4.78, 5) is 23.0. The fourth-order valence-electron chi connectivity index (χ4n) is 2.18. The van der Waals surface area contributed by atoms with Crippen LogP contribution < -0.4 is 10.6 Å². The van der Waals surface area contributed by atoms with E-state index in [-0.39, 0.29) is 11.3 Å². The number of urea groups is 1. The molecule has 1 aliphatic heterocycles. The molecule has 0 aliphatic carbocycles. The van der Waals surface area contributed by atoms with Gasteiger partial charge in [0.1, 0.15) is 0 Å². The van der Waals surface area contributed by atoms with Crippen molar-refractivity contribution in [1.82, 2.24) is 5.32 Å². The number of ether oxygens (including phenoxy) is 1. The minimum atomic E-state index is -1.08. The Labute approximate surface area is 131 Å². The molecule has 7 heteroatoms. The fourth-order valence-corrected chi connectivity index (χ4v) is 2.54. The zero-order valence-corrected chi connectivity index (χ0v) is 13.0. The summed E-state index contributed by atoms with van der Waals surface area (Å²) in [5, 5.41) is 14.4. The number of hydrogen-bond acceptors (Lipinski definition) is 3. The average molecular weight is 357 g/mol. The fraction of sp³-hybridized carbons (Fsp3) is 0.429. The molecule has 21 heavy (non-hydrogen) atoms. The van der Waals surface area contributed by atoms with Gasteiger partial charge in [0, 0.05) is 17.6 Å². The van der Waals surface area contributed by atoms with E-state index in [4.69, 9.17) is 9.84 Å². The molecular weight excluding hydrogens is 340 g/mol. The largest absolute Gasteiger partial charge is 0.478 e. The van der Waals surface area contributed by atoms with Crippen molar-refractivity contribution in [3.63, 3.8) is 0 Å². The molecule has 3 N–H and O–H groups in total. The lowest BCUT2D eigenvalue weighted by Gasteiger charge is -2.22. The maximum absolute atomic E-state index is 11.9. The third-order valence-electron chi connectivity index (χ3n) is 3.27. The minimum absolute atomic E-state index is 0.0503. The molecular formula is C14H17BrN2O4. The first-order chi connectivity index (χ1) is 10.1. The Bertz CT molecular complexity index is 530. The predicted molar refractivity (Wildman–Crippen MR) is 81.7 cm³/mol. The highest BCUT2D eigenvalue weighted by atomic mass is 79.9. The van der Waals surface area contributed by atoms with Crippen LogP contribution in [0.3, 0.4) is 0 Å². The summed E-state index contributed by atoms with van der Waals surface area (Å²) in [6.07, 6.45) is 2.03. The van der Waals surface area contributed by atoms with Gasteiger partial charge in [-0.05, 0) is 37.0 Å². The lowest BCUT2D eigenvalue weighted by molar-refractivity contribution is 0.0559. The van der Waals surface area contributed by atoms with Gasteiger partial charge in [-0.2, -0.15) is 0 Å². The van der Waals surface area contributed by atoms with E-state index in [0.717, 1.165) is 19.4 Å². The van der Waals surface area contributed by atoms with E-state index in [1.54, 1.807) is 12.1 Å². The highest BCUT2D eigenvalue weighted by Gasteiger charge is 2.16. The summed E-state index contributed by atoms with van der Waals surface area (Å²) >= 11 is 3.26. The number of carboxylic acids is 1. The highest BCUT2D eigenvalue weighted by molar-refractivity contribution is 9.10. The molecule has 6 nitrogen and oxygen atoms in total. The number of rotatable bonds is 4. The van der Waals surface area contributed by atoms with E-state index >= 15 is 0 Å². The van der Waals surface area contributed by atoms with Crippen molar-refractivity contribution < 1.29 is 19.4 Å². The normalized spacial score (nSPS) is 18.0. The maximum Gasteiger partial charge on any atom is 0.337 e. The van der Waals surface area contributed by atoms with E-state index in [9.17, 15) is 9.59 Å². The van der Waals surface area contributed by atoms with Crippen molar-refractivity contribution in [3.8, 4) is 0 Å². The quantitative estimate of drug-likeness (QED) is 0.773. The van der Waals surface area contributed by atoms with Gasteiger partial charge in [-0.25, -0.2) is 9.59 Å². The molecule has 0 aromatic heterocycles. The molecule has 0 radical (unpaired) electrons. The molecule has 0 bridgehead atoms. The molecule has 0 spiro atoms. The Balaban J connectivity index is 1.92. The Kier molecular flexibility index (Phi) is 5.58. The Morgan fingerprint density at radius 3 is 2.90 bits per heavy atom. The number of benzene rings is 1. The molecule has 0 saturated carbocycles. The smallest absolute Gasteiger partial charge is 0.337 e. The molecule has 1 aromatic rings. The number of halogens is 1. The van der Waals surface area contributed by atoms with Gasteiger partial charge in [0.25, 0.3) is 0 Å². The summed E-state index contributed by atoms with van der Waals surface area (Å²) in [5.41, 5.74) is 0.309. The van der Waals surface area contributed by atoms with Gasteiger partial charge in [-0.1, -0.05) is 15.9 Å². The van der Waals surface area contributed by atoms with E-state index < -0.39 is 12.0 Å². The van der Waals surface area contributed by atoms with Gasteiger partial charge >= 0.3 is 12.0 Å². The number of amides is 2. The van der Waals surface area contributed by atoms with Crippen molar-refractivity contribution in [2.75, 3.05) is 25.1 Å². The maximum atomic E-state index is 11.9. The van der Waals surface area contributed by atoms with Gasteiger partial charge < -0.3 is 20.5 Å². The van der Waals surface area contributed by atoms with Gasteiger partial charge in [0.2, 0.25) is 0 Å².